The molecule has 298 valence electrons. The minimum atomic E-state index is -2.18. The van der Waals surface area contributed by atoms with Gasteiger partial charge in [0.2, 0.25) is 18.0 Å². The van der Waals surface area contributed by atoms with E-state index in [2.05, 4.69) is 16.0 Å². The zero-order chi connectivity index (χ0) is 40.9. The quantitative estimate of drug-likeness (QED) is 0.0748. The predicted molar refractivity (Wildman–Crippen MR) is 201 cm³/mol. The number of amides is 7. The predicted octanol–water partition coefficient (Wildman–Crippen LogP) is 2.21. The van der Waals surface area contributed by atoms with E-state index in [1.54, 1.807) is 75.4 Å². The molecular weight excluding hydrogens is 761 g/mol. The molecule has 17 nitrogen and oxygen atoms in total. The van der Waals surface area contributed by atoms with Gasteiger partial charge in [0, 0.05) is 19.6 Å². The van der Waals surface area contributed by atoms with Crippen LogP contribution in [-0.2, 0) is 51.5 Å². The van der Waals surface area contributed by atoms with Gasteiger partial charge in [0.25, 0.3) is 5.91 Å². The van der Waals surface area contributed by atoms with E-state index in [0.29, 0.717) is 16.9 Å². The molecule has 3 N–H and O–H groups in total. The summed E-state index contributed by atoms with van der Waals surface area (Å²) in [7, 11) is 0. The molecule has 3 aromatic rings. The zero-order valence-electron chi connectivity index (χ0n) is 31.2. The smallest absolute Gasteiger partial charge is 0.458 e. The Labute approximate surface area is 331 Å². The number of rotatable bonds is 13. The van der Waals surface area contributed by atoms with Gasteiger partial charge in [0.05, 0.1) is 4.75 Å². The van der Waals surface area contributed by atoms with Crippen LogP contribution in [0.25, 0.3) is 0 Å². The van der Waals surface area contributed by atoms with Crippen LogP contribution in [0, 0.1) is 0 Å². The number of carbonyl (C=O) groups is 8. The van der Waals surface area contributed by atoms with Crippen LogP contribution < -0.4 is 20.7 Å². The van der Waals surface area contributed by atoms with Gasteiger partial charge in [-0.05, 0) is 49.6 Å². The number of piperazine rings is 1. The van der Waals surface area contributed by atoms with Crippen LogP contribution in [0.2, 0.25) is 0 Å². The molecule has 0 spiro atoms. The molecule has 18 heteroatoms. The number of thioether (sulfide) groups is 1. The number of imide groups is 1. The van der Waals surface area contributed by atoms with E-state index in [9.17, 15) is 38.4 Å². The third-order valence-electron chi connectivity index (χ3n) is 9.83. The number of fused-ring (bicyclic) bond motifs is 1. The lowest BCUT2D eigenvalue weighted by atomic mass is 9.87. The lowest BCUT2D eigenvalue weighted by molar-refractivity contribution is -0.181. The summed E-state index contributed by atoms with van der Waals surface area (Å²) in [4.78, 5) is 109. The summed E-state index contributed by atoms with van der Waals surface area (Å²) in [6.45, 7) is 4.82. The average Bonchev–Trinajstić information content (AvgIpc) is 3.42. The maximum atomic E-state index is 14.7. The fourth-order valence-corrected chi connectivity index (χ4v) is 8.48. The standard InChI is InChI=1S/C39H40N6O11S/c1-4-43-19-20-44(33(50)32(43)49)36(52)41-28(26-15-17-27(18-16-26)56-37(53)55-22-25-13-9-6-10-14-25)30(47)42-39(35(51)54-21-24-11-7-5-8-12-24)38(2,3)57-34-29(40-23-46)31(48)45(34)39/h5-18,23,28-29,34H,4,19-22H2,1-3H3,(H,40,46)(H,41,52)(H,42,47)/t28?,29-,34+,39-/m0/s1. The van der Waals surface area contributed by atoms with Gasteiger partial charge >= 0.3 is 30.0 Å². The van der Waals surface area contributed by atoms with Gasteiger partial charge in [0.15, 0.2) is 0 Å². The van der Waals surface area contributed by atoms with Crippen molar-refractivity contribution >= 4 is 60.0 Å². The Kier molecular flexibility index (Phi) is 11.8. The van der Waals surface area contributed by atoms with Crippen molar-refractivity contribution in [3.8, 4) is 5.75 Å². The van der Waals surface area contributed by atoms with Crippen LogP contribution in [-0.4, -0.2) is 104 Å². The number of likely N-dealkylation sites (N-methyl/N-ethyl adjacent to an activating group) is 1. The summed E-state index contributed by atoms with van der Waals surface area (Å²) >= 11 is 1.15. The maximum Gasteiger partial charge on any atom is 0.514 e. The SMILES string of the molecule is CCN1CCN(C(=O)NC(C(=O)N[C@@]2(C(=O)OCc3ccccc3)N3C(=O)[C@H](NC=O)[C@H]3SC2(C)C)c2ccc(OC(=O)OCc3ccccc3)cc2)C(=O)C1=O. The summed E-state index contributed by atoms with van der Waals surface area (Å²) in [5.74, 6) is -4.63. The van der Waals surface area contributed by atoms with Crippen LogP contribution in [0.1, 0.15) is 43.5 Å². The van der Waals surface area contributed by atoms with Crippen molar-refractivity contribution in [3.05, 3.63) is 102 Å². The van der Waals surface area contributed by atoms with Crippen LogP contribution in [0.15, 0.2) is 84.9 Å². The molecular formula is C39H40N6O11S. The summed E-state index contributed by atoms with van der Waals surface area (Å²) in [5, 5.41) is 6.91. The molecule has 3 aromatic carbocycles. The minimum absolute atomic E-state index is 0.0239. The summed E-state index contributed by atoms with van der Waals surface area (Å²) < 4.78 is 14.9. The molecule has 6 rings (SSSR count). The maximum absolute atomic E-state index is 14.7. The number of esters is 1. The molecule has 0 radical (unpaired) electrons. The highest BCUT2D eigenvalue weighted by atomic mass is 32.2. The van der Waals surface area contributed by atoms with Crippen molar-refractivity contribution in [2.24, 2.45) is 0 Å². The first-order chi connectivity index (χ1) is 27.3. The lowest BCUT2D eigenvalue weighted by Crippen LogP contribution is -2.80. The van der Waals surface area contributed by atoms with E-state index in [-0.39, 0.29) is 44.2 Å². The Morgan fingerprint density at radius 3 is 2.07 bits per heavy atom. The number of hydrogen-bond donors (Lipinski definition) is 3. The number of nitrogens with one attached hydrogen (secondary N) is 3. The number of hydrogen-bond acceptors (Lipinski definition) is 12. The fourth-order valence-electron chi connectivity index (χ4n) is 6.77. The molecule has 0 saturated carbocycles. The van der Waals surface area contributed by atoms with Crippen molar-refractivity contribution in [2.45, 2.75) is 61.9 Å². The Morgan fingerprint density at radius 1 is 0.860 bits per heavy atom. The zero-order valence-corrected chi connectivity index (χ0v) is 32.0. The highest BCUT2D eigenvalue weighted by molar-refractivity contribution is 8.01. The van der Waals surface area contributed by atoms with Crippen LogP contribution in [0.3, 0.4) is 0 Å². The molecule has 57 heavy (non-hydrogen) atoms. The topological polar surface area (TPSA) is 210 Å². The number of ether oxygens (including phenoxy) is 3. The number of β-lactam (4-membered cyclic amide) rings is 1. The lowest BCUT2D eigenvalue weighted by Gasteiger charge is -2.50. The van der Waals surface area contributed by atoms with Gasteiger partial charge in [-0.1, -0.05) is 72.8 Å². The van der Waals surface area contributed by atoms with E-state index in [0.717, 1.165) is 22.2 Å². The Hall–Kier alpha value is -6.43. The Morgan fingerprint density at radius 2 is 1.47 bits per heavy atom. The molecule has 7 amide bonds. The highest BCUT2D eigenvalue weighted by Gasteiger charge is 2.74. The van der Waals surface area contributed by atoms with Gasteiger partial charge < -0.3 is 35.1 Å². The molecule has 0 aromatic heterocycles. The number of carbonyl (C=O) groups excluding carboxylic acids is 8. The van der Waals surface area contributed by atoms with Crippen molar-refractivity contribution in [1.29, 1.82) is 0 Å². The third kappa shape index (κ3) is 7.98. The molecule has 3 aliphatic rings. The second-order valence-corrected chi connectivity index (χ2v) is 15.4. The summed E-state index contributed by atoms with van der Waals surface area (Å²) in [6.07, 6.45) is -0.634. The van der Waals surface area contributed by atoms with Gasteiger partial charge in [-0.2, -0.15) is 0 Å². The highest BCUT2D eigenvalue weighted by Crippen LogP contribution is 2.56. The van der Waals surface area contributed by atoms with E-state index < -0.39 is 69.7 Å². The third-order valence-corrected chi connectivity index (χ3v) is 11.4. The first-order valence-corrected chi connectivity index (χ1v) is 18.8. The van der Waals surface area contributed by atoms with Gasteiger partial charge in [0.1, 0.15) is 36.4 Å². The number of urea groups is 1. The van der Waals surface area contributed by atoms with E-state index >= 15 is 0 Å². The van der Waals surface area contributed by atoms with Crippen molar-refractivity contribution < 1.29 is 52.6 Å². The largest absolute Gasteiger partial charge is 0.514 e. The monoisotopic (exact) mass is 800 g/mol. The first-order valence-electron chi connectivity index (χ1n) is 17.9. The molecule has 3 fully saturated rings. The van der Waals surface area contributed by atoms with E-state index in [1.165, 1.54) is 29.2 Å². The fraction of sp³-hybridized carbons (Fsp3) is 0.333. The van der Waals surface area contributed by atoms with Gasteiger partial charge in [-0.25, -0.2) is 14.4 Å². The molecule has 1 unspecified atom stereocenters. The van der Waals surface area contributed by atoms with Crippen LogP contribution >= 0.6 is 11.8 Å². The van der Waals surface area contributed by atoms with Gasteiger partial charge in [-0.3, -0.25) is 33.8 Å². The molecule has 3 heterocycles. The second kappa shape index (κ2) is 16.7. The van der Waals surface area contributed by atoms with Crippen molar-refractivity contribution in [3.63, 3.8) is 0 Å². The first kappa shape index (κ1) is 40.2. The Balaban J connectivity index is 1.30. The molecule has 3 saturated heterocycles. The van der Waals surface area contributed by atoms with Crippen LogP contribution in [0.4, 0.5) is 9.59 Å². The van der Waals surface area contributed by atoms with Gasteiger partial charge in [-0.15, -0.1) is 11.8 Å². The van der Waals surface area contributed by atoms with Crippen molar-refractivity contribution in [2.75, 3.05) is 19.6 Å². The normalized spacial score (nSPS) is 21.4. The molecule has 3 aliphatic heterocycles. The summed E-state index contributed by atoms with van der Waals surface area (Å²) in [6, 6.07) is 19.3. The molecule has 0 aliphatic carbocycles. The van der Waals surface area contributed by atoms with E-state index in [1.807, 2.05) is 6.07 Å². The average molecular weight is 801 g/mol. The van der Waals surface area contributed by atoms with Crippen LogP contribution in [0.5, 0.6) is 5.75 Å². The number of nitrogens with zero attached hydrogens (tertiary/aromatic N) is 3. The Bertz CT molecular complexity index is 2050. The molecule has 0 bridgehead atoms. The second-order valence-electron chi connectivity index (χ2n) is 13.7. The summed E-state index contributed by atoms with van der Waals surface area (Å²) in [5.41, 5.74) is -0.723. The minimum Gasteiger partial charge on any atom is -0.458 e. The van der Waals surface area contributed by atoms with Crippen molar-refractivity contribution in [1.82, 2.24) is 30.7 Å². The number of benzene rings is 3. The van der Waals surface area contributed by atoms with E-state index in [4.69, 9.17) is 14.2 Å². The molecule has 4 atom stereocenters.